The molecular formula is C21H32O5. The fraction of sp³-hybridized carbons (Fsp3) is 0.762. The number of ketones is 1. The van der Waals surface area contributed by atoms with Crippen molar-refractivity contribution < 1.29 is 23.9 Å². The summed E-state index contributed by atoms with van der Waals surface area (Å²) in [4.78, 5) is 36.0. The fourth-order valence-corrected chi connectivity index (χ4v) is 5.57. The van der Waals surface area contributed by atoms with Crippen LogP contribution in [0.4, 0.5) is 0 Å². The van der Waals surface area contributed by atoms with Gasteiger partial charge in [0.15, 0.2) is 11.9 Å². The molecule has 0 aromatic heterocycles. The molecule has 2 fully saturated rings. The minimum Gasteiger partial charge on any atom is -0.469 e. The van der Waals surface area contributed by atoms with Crippen LogP contribution in [0, 0.1) is 22.7 Å². The monoisotopic (exact) mass is 364 g/mol. The van der Waals surface area contributed by atoms with Crippen molar-refractivity contribution in [2.24, 2.45) is 22.7 Å². The number of rotatable bonds is 5. The highest BCUT2D eigenvalue weighted by Gasteiger charge is 2.58. The molecule has 0 aromatic rings. The van der Waals surface area contributed by atoms with Crippen molar-refractivity contribution in [3.8, 4) is 0 Å². The van der Waals surface area contributed by atoms with E-state index in [1.54, 1.807) is 0 Å². The third kappa shape index (κ3) is 3.58. The third-order valence-electron chi connectivity index (χ3n) is 6.88. The van der Waals surface area contributed by atoms with Gasteiger partial charge >= 0.3 is 11.9 Å². The normalized spacial score (nSPS) is 35.2. The minimum absolute atomic E-state index is 0.0405. The SMILES string of the molecule is C=C1CC[C@@H]2[C@](C)(CCC[C@]2(C)C(=O)OC)[C@H]1C[C@@H](OC(C)=O)C(C)=O. The average molecular weight is 364 g/mol. The van der Waals surface area contributed by atoms with Crippen molar-refractivity contribution in [2.75, 3.05) is 7.11 Å². The van der Waals surface area contributed by atoms with Crippen LogP contribution in [0.25, 0.3) is 0 Å². The zero-order valence-electron chi connectivity index (χ0n) is 16.7. The van der Waals surface area contributed by atoms with Crippen LogP contribution in [-0.2, 0) is 23.9 Å². The molecule has 0 saturated heterocycles. The van der Waals surface area contributed by atoms with Crippen LogP contribution in [0.2, 0.25) is 0 Å². The molecule has 0 heterocycles. The zero-order valence-corrected chi connectivity index (χ0v) is 16.7. The lowest BCUT2D eigenvalue weighted by molar-refractivity contribution is -0.169. The zero-order chi connectivity index (χ0) is 19.7. The third-order valence-corrected chi connectivity index (χ3v) is 6.88. The van der Waals surface area contributed by atoms with Gasteiger partial charge < -0.3 is 9.47 Å². The van der Waals surface area contributed by atoms with Crippen LogP contribution in [0.3, 0.4) is 0 Å². The summed E-state index contributed by atoms with van der Waals surface area (Å²) in [7, 11) is 1.45. The van der Waals surface area contributed by atoms with Gasteiger partial charge in [-0.1, -0.05) is 25.5 Å². The summed E-state index contributed by atoms with van der Waals surface area (Å²) in [5.41, 5.74) is 0.411. The predicted octanol–water partition coefficient (Wildman–Crippen LogP) is 3.85. The summed E-state index contributed by atoms with van der Waals surface area (Å²) in [6.07, 6.45) is 4.13. The first-order chi connectivity index (χ1) is 12.1. The summed E-state index contributed by atoms with van der Waals surface area (Å²) < 4.78 is 10.4. The highest BCUT2D eigenvalue weighted by atomic mass is 16.5. The maximum absolute atomic E-state index is 12.6. The Hall–Kier alpha value is -1.65. The van der Waals surface area contributed by atoms with E-state index in [0.717, 1.165) is 37.7 Å². The summed E-state index contributed by atoms with van der Waals surface area (Å²) in [5.74, 6) is -0.542. The van der Waals surface area contributed by atoms with Crippen molar-refractivity contribution in [1.29, 1.82) is 0 Å². The van der Waals surface area contributed by atoms with E-state index in [1.165, 1.54) is 21.0 Å². The molecule has 0 aromatic carbocycles. The molecule has 0 spiro atoms. The molecule has 5 nitrogen and oxygen atoms in total. The van der Waals surface area contributed by atoms with Crippen molar-refractivity contribution in [3.05, 3.63) is 12.2 Å². The number of fused-ring (bicyclic) bond motifs is 1. The molecule has 0 radical (unpaired) electrons. The van der Waals surface area contributed by atoms with Crippen LogP contribution in [-0.4, -0.2) is 30.9 Å². The lowest BCUT2D eigenvalue weighted by atomic mass is 9.46. The maximum atomic E-state index is 12.6. The van der Waals surface area contributed by atoms with Gasteiger partial charge in [0.1, 0.15) is 0 Å². The van der Waals surface area contributed by atoms with E-state index in [9.17, 15) is 14.4 Å². The predicted molar refractivity (Wildman–Crippen MR) is 98.3 cm³/mol. The number of hydrogen-bond donors (Lipinski definition) is 0. The molecular weight excluding hydrogens is 332 g/mol. The molecule has 0 N–H and O–H groups in total. The second kappa shape index (κ2) is 7.53. The molecule has 2 aliphatic carbocycles. The number of methoxy groups -OCH3 is 1. The van der Waals surface area contributed by atoms with E-state index < -0.39 is 17.5 Å². The number of hydrogen-bond acceptors (Lipinski definition) is 5. The van der Waals surface area contributed by atoms with Gasteiger partial charge in [0.05, 0.1) is 12.5 Å². The Labute approximate surface area is 156 Å². The summed E-state index contributed by atoms with van der Waals surface area (Å²) in [6, 6.07) is 0. The summed E-state index contributed by atoms with van der Waals surface area (Å²) in [6.45, 7) is 11.3. The van der Waals surface area contributed by atoms with Crippen molar-refractivity contribution >= 4 is 17.7 Å². The molecule has 146 valence electrons. The van der Waals surface area contributed by atoms with Gasteiger partial charge in [-0.05, 0) is 63.2 Å². The first-order valence-electron chi connectivity index (χ1n) is 9.50. The first kappa shape index (κ1) is 20.7. The highest BCUT2D eigenvalue weighted by Crippen LogP contribution is 2.62. The second-order valence-corrected chi connectivity index (χ2v) is 8.51. The fourth-order valence-electron chi connectivity index (χ4n) is 5.57. The van der Waals surface area contributed by atoms with E-state index >= 15 is 0 Å². The second-order valence-electron chi connectivity index (χ2n) is 8.51. The van der Waals surface area contributed by atoms with E-state index in [2.05, 4.69) is 13.5 Å². The van der Waals surface area contributed by atoms with Gasteiger partial charge in [0.2, 0.25) is 0 Å². The van der Waals surface area contributed by atoms with Crippen molar-refractivity contribution in [2.45, 2.75) is 72.3 Å². The van der Waals surface area contributed by atoms with Gasteiger partial charge in [-0.3, -0.25) is 14.4 Å². The summed E-state index contributed by atoms with van der Waals surface area (Å²) >= 11 is 0. The molecule has 0 amide bonds. The van der Waals surface area contributed by atoms with Gasteiger partial charge in [-0.15, -0.1) is 0 Å². The van der Waals surface area contributed by atoms with E-state index in [0.29, 0.717) is 6.42 Å². The highest BCUT2D eigenvalue weighted by molar-refractivity contribution is 5.83. The Bertz CT molecular complexity index is 610. The van der Waals surface area contributed by atoms with E-state index in [1.807, 2.05) is 6.92 Å². The van der Waals surface area contributed by atoms with Gasteiger partial charge in [-0.25, -0.2) is 0 Å². The molecule has 0 aliphatic heterocycles. The number of allylic oxidation sites excluding steroid dienone is 1. The van der Waals surface area contributed by atoms with Crippen molar-refractivity contribution in [1.82, 2.24) is 0 Å². The lowest BCUT2D eigenvalue weighted by Crippen LogP contribution is -2.54. The topological polar surface area (TPSA) is 69.7 Å². The Morgan fingerprint density at radius 2 is 1.88 bits per heavy atom. The molecule has 26 heavy (non-hydrogen) atoms. The maximum Gasteiger partial charge on any atom is 0.311 e. The Kier molecular flexibility index (Phi) is 5.99. The number of esters is 2. The van der Waals surface area contributed by atoms with Crippen LogP contribution in [0.1, 0.15) is 66.2 Å². The van der Waals surface area contributed by atoms with Crippen LogP contribution in [0.15, 0.2) is 12.2 Å². The Morgan fingerprint density at radius 3 is 2.42 bits per heavy atom. The number of carbonyl (C=O) groups is 3. The molecule has 5 atom stereocenters. The largest absolute Gasteiger partial charge is 0.469 e. The molecule has 0 unspecified atom stereocenters. The van der Waals surface area contributed by atoms with Gasteiger partial charge in [0, 0.05) is 6.92 Å². The van der Waals surface area contributed by atoms with Gasteiger partial charge in [0.25, 0.3) is 0 Å². The number of ether oxygens (including phenoxy) is 2. The Morgan fingerprint density at radius 1 is 1.23 bits per heavy atom. The first-order valence-corrected chi connectivity index (χ1v) is 9.50. The van der Waals surface area contributed by atoms with E-state index in [-0.39, 0.29) is 29.0 Å². The van der Waals surface area contributed by atoms with E-state index in [4.69, 9.17) is 9.47 Å². The molecule has 0 bridgehead atoms. The minimum atomic E-state index is -0.754. The van der Waals surface area contributed by atoms with Crippen LogP contribution >= 0.6 is 0 Å². The number of Topliss-reactive ketones (excluding diaryl/α,β-unsaturated/α-hetero) is 1. The van der Waals surface area contributed by atoms with Gasteiger partial charge in [-0.2, -0.15) is 0 Å². The van der Waals surface area contributed by atoms with Crippen molar-refractivity contribution in [3.63, 3.8) is 0 Å². The standard InChI is InChI=1S/C21H32O5/c1-13-8-9-18-20(4,10-7-11-21(18,5)19(24)25-6)16(13)12-17(14(2)22)26-15(3)23/h16-18H,1,7-12H2,2-6H3/t16-,17+,18+,20+,21-/m0/s1. The molecule has 5 heteroatoms. The average Bonchev–Trinajstić information content (AvgIpc) is 2.55. The lowest BCUT2D eigenvalue weighted by Gasteiger charge is -2.57. The smallest absolute Gasteiger partial charge is 0.311 e. The molecule has 2 aliphatic rings. The Balaban J connectivity index is 2.36. The van der Waals surface area contributed by atoms with Crippen LogP contribution < -0.4 is 0 Å². The quantitative estimate of drug-likeness (QED) is 0.547. The summed E-state index contributed by atoms with van der Waals surface area (Å²) in [5, 5.41) is 0. The molecule has 2 saturated carbocycles. The van der Waals surface area contributed by atoms with Crippen LogP contribution in [0.5, 0.6) is 0 Å². The number of carbonyl (C=O) groups excluding carboxylic acids is 3. The molecule has 2 rings (SSSR count).